The van der Waals surface area contributed by atoms with E-state index in [1.165, 1.54) is 50.5 Å². The van der Waals surface area contributed by atoms with Crippen molar-refractivity contribution in [2.75, 3.05) is 0 Å². The predicted molar refractivity (Wildman–Crippen MR) is 122 cm³/mol. The van der Waals surface area contributed by atoms with Crippen molar-refractivity contribution in [1.82, 2.24) is 0 Å². The smallest absolute Gasteiger partial charge is 0.0577 e. The number of hydrogen-bond donors (Lipinski definition) is 2. The van der Waals surface area contributed by atoms with Crippen LogP contribution < -0.4 is 5.73 Å². The van der Waals surface area contributed by atoms with E-state index < -0.39 is 0 Å². The average molecular weight is 402 g/mol. The fourth-order valence-electron chi connectivity index (χ4n) is 8.74. The molecule has 4 rings (SSSR count). The van der Waals surface area contributed by atoms with Gasteiger partial charge in [0.05, 0.1) is 6.10 Å². The Morgan fingerprint density at radius 2 is 1.79 bits per heavy atom. The van der Waals surface area contributed by atoms with Gasteiger partial charge in [-0.3, -0.25) is 0 Å². The SMILES string of the molecule is CC(C)CCC[C@@H](C)C1CCC2C3C(CC[C@@]21C)[C@@]1(C)CC[C@H](O)CC1=C[C@H]3N. The first-order valence-corrected chi connectivity index (χ1v) is 12.8. The minimum atomic E-state index is -0.144. The van der Waals surface area contributed by atoms with Gasteiger partial charge < -0.3 is 10.8 Å². The predicted octanol–water partition coefficient (Wildman–Crippen LogP) is 6.33. The molecule has 0 saturated heterocycles. The van der Waals surface area contributed by atoms with E-state index >= 15 is 0 Å². The van der Waals surface area contributed by atoms with Crippen LogP contribution in [0.5, 0.6) is 0 Å². The van der Waals surface area contributed by atoms with E-state index in [1.807, 2.05) is 0 Å². The van der Waals surface area contributed by atoms with Crippen molar-refractivity contribution >= 4 is 0 Å². The monoisotopic (exact) mass is 401 g/mol. The lowest BCUT2D eigenvalue weighted by Gasteiger charge is -2.60. The summed E-state index contributed by atoms with van der Waals surface area (Å²) in [6, 6.07) is 0.202. The van der Waals surface area contributed by atoms with Gasteiger partial charge in [-0.05, 0) is 91.3 Å². The Kier molecular flexibility index (Phi) is 6.01. The largest absolute Gasteiger partial charge is 0.393 e. The van der Waals surface area contributed by atoms with Crippen LogP contribution in [0.25, 0.3) is 0 Å². The number of rotatable bonds is 5. The molecule has 4 aliphatic rings. The Hall–Kier alpha value is -0.340. The molecule has 2 nitrogen and oxygen atoms in total. The normalized spacial score (nSPS) is 47.9. The van der Waals surface area contributed by atoms with E-state index in [2.05, 4.69) is 40.7 Å². The fraction of sp³-hybridized carbons (Fsp3) is 0.926. The van der Waals surface area contributed by atoms with E-state index in [4.69, 9.17) is 5.73 Å². The molecule has 4 aliphatic carbocycles. The molecule has 29 heavy (non-hydrogen) atoms. The summed E-state index contributed by atoms with van der Waals surface area (Å²) in [5.41, 5.74) is 9.17. The van der Waals surface area contributed by atoms with Crippen molar-refractivity contribution in [3.8, 4) is 0 Å². The summed E-state index contributed by atoms with van der Waals surface area (Å²) in [4.78, 5) is 0. The van der Waals surface area contributed by atoms with Crippen LogP contribution in [-0.2, 0) is 0 Å². The van der Waals surface area contributed by atoms with Crippen molar-refractivity contribution < 1.29 is 5.11 Å². The van der Waals surface area contributed by atoms with Crippen LogP contribution in [0.15, 0.2) is 11.6 Å². The second-order valence-electron chi connectivity index (χ2n) is 12.4. The summed E-state index contributed by atoms with van der Waals surface area (Å²) in [6.07, 6.45) is 15.0. The van der Waals surface area contributed by atoms with Gasteiger partial charge in [-0.2, -0.15) is 0 Å². The second kappa shape index (κ2) is 7.97. The topological polar surface area (TPSA) is 46.2 Å². The van der Waals surface area contributed by atoms with E-state index in [0.29, 0.717) is 16.7 Å². The van der Waals surface area contributed by atoms with Crippen molar-refractivity contribution in [3.05, 3.63) is 11.6 Å². The molecule has 4 unspecified atom stereocenters. The van der Waals surface area contributed by atoms with Gasteiger partial charge in [-0.25, -0.2) is 0 Å². The highest BCUT2D eigenvalue weighted by Crippen LogP contribution is 2.67. The molecule has 0 aliphatic heterocycles. The van der Waals surface area contributed by atoms with Crippen LogP contribution in [0, 0.1) is 46.3 Å². The van der Waals surface area contributed by atoms with Crippen molar-refractivity contribution in [1.29, 1.82) is 0 Å². The Labute approximate surface area is 180 Å². The molecule has 0 aromatic rings. The zero-order chi connectivity index (χ0) is 21.0. The molecule has 0 spiro atoms. The van der Waals surface area contributed by atoms with Crippen LogP contribution >= 0.6 is 0 Å². The molecule has 0 bridgehead atoms. The average Bonchev–Trinajstić information content (AvgIpc) is 3.00. The van der Waals surface area contributed by atoms with Gasteiger partial charge in [-0.1, -0.05) is 65.5 Å². The zero-order valence-corrected chi connectivity index (χ0v) is 19.8. The lowest BCUT2D eigenvalue weighted by molar-refractivity contribution is -0.0632. The molecule has 3 saturated carbocycles. The first-order chi connectivity index (χ1) is 13.7. The summed E-state index contributed by atoms with van der Waals surface area (Å²) < 4.78 is 0. The molecule has 3 fully saturated rings. The lowest BCUT2D eigenvalue weighted by atomic mass is 9.46. The lowest BCUT2D eigenvalue weighted by Crippen LogP contribution is -2.56. The third-order valence-corrected chi connectivity index (χ3v) is 10.4. The van der Waals surface area contributed by atoms with Crippen LogP contribution in [0.4, 0.5) is 0 Å². The summed E-state index contributed by atoms with van der Waals surface area (Å²) in [5, 5.41) is 10.3. The van der Waals surface area contributed by atoms with Gasteiger partial charge in [-0.15, -0.1) is 0 Å². The number of fused-ring (bicyclic) bond motifs is 5. The Morgan fingerprint density at radius 1 is 1.03 bits per heavy atom. The van der Waals surface area contributed by atoms with Crippen molar-refractivity contribution in [2.24, 2.45) is 52.1 Å². The quantitative estimate of drug-likeness (QED) is 0.529. The summed E-state index contributed by atoms with van der Waals surface area (Å²) in [5.74, 6) is 4.77. The molecule has 166 valence electrons. The van der Waals surface area contributed by atoms with E-state index in [9.17, 15) is 5.11 Å². The van der Waals surface area contributed by atoms with Crippen LogP contribution in [0.2, 0.25) is 0 Å². The highest BCUT2D eigenvalue weighted by Gasteiger charge is 2.60. The molecule has 0 aromatic heterocycles. The molecular formula is C27H47NO. The van der Waals surface area contributed by atoms with Gasteiger partial charge in [0.25, 0.3) is 0 Å². The van der Waals surface area contributed by atoms with Crippen LogP contribution in [-0.4, -0.2) is 17.3 Å². The molecule has 0 aromatic carbocycles. The van der Waals surface area contributed by atoms with E-state index in [-0.39, 0.29) is 12.1 Å². The minimum absolute atomic E-state index is 0.144. The second-order valence-corrected chi connectivity index (χ2v) is 12.4. The first kappa shape index (κ1) is 21.9. The minimum Gasteiger partial charge on any atom is -0.393 e. The number of aliphatic hydroxyl groups is 1. The maximum Gasteiger partial charge on any atom is 0.0577 e. The Bertz CT molecular complexity index is 626. The highest BCUT2D eigenvalue weighted by atomic mass is 16.3. The third kappa shape index (κ3) is 3.65. The van der Waals surface area contributed by atoms with Gasteiger partial charge in [0.2, 0.25) is 0 Å². The summed E-state index contributed by atoms with van der Waals surface area (Å²) in [7, 11) is 0. The molecule has 2 heteroatoms. The number of hydrogen-bond acceptors (Lipinski definition) is 2. The van der Waals surface area contributed by atoms with Gasteiger partial charge >= 0.3 is 0 Å². The maximum atomic E-state index is 10.3. The summed E-state index contributed by atoms with van der Waals surface area (Å²) >= 11 is 0. The first-order valence-electron chi connectivity index (χ1n) is 12.8. The maximum absolute atomic E-state index is 10.3. The summed E-state index contributed by atoms with van der Waals surface area (Å²) in [6.45, 7) is 12.4. The van der Waals surface area contributed by atoms with Gasteiger partial charge in [0.1, 0.15) is 0 Å². The van der Waals surface area contributed by atoms with E-state index in [1.54, 1.807) is 0 Å². The molecule has 9 atom stereocenters. The van der Waals surface area contributed by atoms with Gasteiger partial charge in [0, 0.05) is 6.04 Å². The van der Waals surface area contributed by atoms with Crippen molar-refractivity contribution in [3.63, 3.8) is 0 Å². The van der Waals surface area contributed by atoms with Crippen LogP contribution in [0.3, 0.4) is 0 Å². The molecular weight excluding hydrogens is 354 g/mol. The van der Waals surface area contributed by atoms with Crippen LogP contribution in [0.1, 0.15) is 98.8 Å². The fourth-order valence-corrected chi connectivity index (χ4v) is 8.74. The third-order valence-electron chi connectivity index (χ3n) is 10.4. The number of aliphatic hydroxyl groups excluding tert-OH is 1. The van der Waals surface area contributed by atoms with Gasteiger partial charge in [0.15, 0.2) is 0 Å². The Balaban J connectivity index is 1.54. The Morgan fingerprint density at radius 3 is 2.52 bits per heavy atom. The molecule has 0 amide bonds. The standard InChI is InChI=1S/C27H47NO/c1-17(2)7-6-8-18(3)21-9-10-22-25-23(12-14-27(21,22)5)26(4)13-11-20(29)15-19(26)16-24(25)28/h16-18,20-25,29H,6-15,28H2,1-5H3/t18-,20+,21?,22?,23?,24-,25?,26+,27-/m1/s1. The molecule has 0 heterocycles. The van der Waals surface area contributed by atoms with Crippen molar-refractivity contribution in [2.45, 2.75) is 111 Å². The zero-order valence-electron chi connectivity index (χ0n) is 19.8. The molecule has 0 radical (unpaired) electrons. The highest BCUT2D eigenvalue weighted by molar-refractivity contribution is 5.28. The molecule has 3 N–H and O–H groups in total. The van der Waals surface area contributed by atoms with E-state index in [0.717, 1.165) is 48.9 Å². The number of nitrogens with two attached hydrogens (primary N) is 1.